The lowest BCUT2D eigenvalue weighted by atomic mass is 9.98. The fourth-order valence-corrected chi connectivity index (χ4v) is 3.16. The molecular weight excluding hydrogens is 309 g/mol. The van der Waals surface area contributed by atoms with E-state index in [2.05, 4.69) is 4.98 Å². The standard InChI is InChI=1S/C16H21F3N2O2/c1-10-8-11(2)20-15(23)14(10)12(22)9-13(16(17,18)19)21-6-4-3-5-7-21/h8,13H,3-7,9H2,1-2H3,(H,20,23)/t13-/m1/s1. The minimum atomic E-state index is -4.49. The van der Waals surface area contributed by atoms with Gasteiger partial charge in [0.1, 0.15) is 6.04 Å². The molecule has 0 unspecified atom stereocenters. The summed E-state index contributed by atoms with van der Waals surface area (Å²) in [4.78, 5) is 28.1. The first-order valence-corrected chi connectivity index (χ1v) is 7.74. The zero-order valence-electron chi connectivity index (χ0n) is 13.3. The smallest absolute Gasteiger partial charge is 0.326 e. The van der Waals surface area contributed by atoms with Gasteiger partial charge in [0.05, 0.1) is 5.56 Å². The van der Waals surface area contributed by atoms with Gasteiger partial charge in [-0.05, 0) is 51.4 Å². The molecule has 1 N–H and O–H groups in total. The maximum Gasteiger partial charge on any atom is 0.404 e. The van der Waals surface area contributed by atoms with Crippen LogP contribution < -0.4 is 5.56 Å². The number of nitrogens with one attached hydrogen (secondary N) is 1. The number of Topliss-reactive ketones (excluding diaryl/α,β-unsaturated/α-hetero) is 1. The first-order valence-electron chi connectivity index (χ1n) is 7.74. The molecule has 4 nitrogen and oxygen atoms in total. The summed E-state index contributed by atoms with van der Waals surface area (Å²) in [5.74, 6) is -0.753. The molecule has 1 atom stereocenters. The Kier molecular flexibility index (Phi) is 5.29. The molecule has 128 valence electrons. The van der Waals surface area contributed by atoms with Crippen molar-refractivity contribution in [2.24, 2.45) is 0 Å². The highest BCUT2D eigenvalue weighted by Crippen LogP contribution is 2.30. The third kappa shape index (κ3) is 4.22. The van der Waals surface area contributed by atoms with Gasteiger partial charge in [-0.3, -0.25) is 14.5 Å². The van der Waals surface area contributed by atoms with Gasteiger partial charge in [0, 0.05) is 12.1 Å². The van der Waals surface area contributed by atoms with Crippen LogP contribution >= 0.6 is 0 Å². The molecule has 0 saturated carbocycles. The monoisotopic (exact) mass is 330 g/mol. The highest BCUT2D eigenvalue weighted by molar-refractivity contribution is 5.97. The molecule has 1 aromatic heterocycles. The van der Waals surface area contributed by atoms with Crippen LogP contribution in [-0.4, -0.2) is 41.0 Å². The predicted octanol–water partition coefficient (Wildman–Crippen LogP) is 2.98. The van der Waals surface area contributed by atoms with Crippen LogP contribution in [0.25, 0.3) is 0 Å². The lowest BCUT2D eigenvalue weighted by Crippen LogP contribution is -2.49. The van der Waals surface area contributed by atoms with Crippen molar-refractivity contribution in [3.8, 4) is 0 Å². The van der Waals surface area contributed by atoms with Gasteiger partial charge in [-0.2, -0.15) is 13.2 Å². The van der Waals surface area contributed by atoms with Gasteiger partial charge in [-0.15, -0.1) is 0 Å². The number of halogens is 3. The molecule has 7 heteroatoms. The number of aryl methyl sites for hydroxylation is 2. The Bertz CT molecular complexity index is 631. The van der Waals surface area contributed by atoms with E-state index in [1.807, 2.05) is 0 Å². The summed E-state index contributed by atoms with van der Waals surface area (Å²) in [5.41, 5.74) is 0.206. The lowest BCUT2D eigenvalue weighted by Gasteiger charge is -2.35. The second-order valence-corrected chi connectivity index (χ2v) is 6.12. The van der Waals surface area contributed by atoms with E-state index in [-0.39, 0.29) is 5.56 Å². The fraction of sp³-hybridized carbons (Fsp3) is 0.625. The minimum absolute atomic E-state index is 0.165. The number of aromatic nitrogens is 1. The number of alkyl halides is 3. The largest absolute Gasteiger partial charge is 0.404 e. The van der Waals surface area contributed by atoms with E-state index >= 15 is 0 Å². The summed E-state index contributed by atoms with van der Waals surface area (Å²) in [5, 5.41) is 0. The van der Waals surface area contributed by atoms with Crippen molar-refractivity contribution in [3.63, 3.8) is 0 Å². The summed E-state index contributed by atoms with van der Waals surface area (Å²) in [6.07, 6.45) is -2.89. The Hall–Kier alpha value is -1.63. The van der Waals surface area contributed by atoms with Crippen LogP contribution in [0.2, 0.25) is 0 Å². The summed E-state index contributed by atoms with van der Waals surface area (Å²) < 4.78 is 40.1. The molecular formula is C16H21F3N2O2. The summed E-state index contributed by atoms with van der Waals surface area (Å²) in [6, 6.07) is -0.228. The van der Waals surface area contributed by atoms with E-state index in [1.165, 1.54) is 4.90 Å². The van der Waals surface area contributed by atoms with Crippen molar-refractivity contribution >= 4 is 5.78 Å². The topological polar surface area (TPSA) is 53.2 Å². The first-order chi connectivity index (χ1) is 10.7. The van der Waals surface area contributed by atoms with Gasteiger partial charge in [0.15, 0.2) is 5.78 Å². The molecule has 0 amide bonds. The number of nitrogens with zero attached hydrogens (tertiary/aromatic N) is 1. The van der Waals surface area contributed by atoms with Gasteiger partial charge >= 0.3 is 6.18 Å². The number of hydrogen-bond donors (Lipinski definition) is 1. The molecule has 1 aromatic rings. The average Bonchev–Trinajstić information content (AvgIpc) is 2.43. The first kappa shape index (κ1) is 17.7. The van der Waals surface area contributed by atoms with Gasteiger partial charge in [0.2, 0.25) is 0 Å². The van der Waals surface area contributed by atoms with Crippen LogP contribution in [0.5, 0.6) is 0 Å². The third-order valence-electron chi connectivity index (χ3n) is 4.23. The third-order valence-corrected chi connectivity index (χ3v) is 4.23. The van der Waals surface area contributed by atoms with Crippen molar-refractivity contribution in [2.45, 2.75) is 51.7 Å². The van der Waals surface area contributed by atoms with Crippen molar-refractivity contribution in [1.82, 2.24) is 9.88 Å². The maximum absolute atomic E-state index is 13.4. The van der Waals surface area contributed by atoms with Crippen LogP contribution in [0.15, 0.2) is 10.9 Å². The maximum atomic E-state index is 13.4. The molecule has 2 heterocycles. The number of pyridine rings is 1. The Morgan fingerprint density at radius 3 is 2.39 bits per heavy atom. The number of hydrogen-bond acceptors (Lipinski definition) is 3. The zero-order valence-corrected chi connectivity index (χ0v) is 13.3. The minimum Gasteiger partial charge on any atom is -0.326 e. The Morgan fingerprint density at radius 1 is 1.26 bits per heavy atom. The number of ketones is 1. The molecule has 0 aliphatic carbocycles. The van der Waals surface area contributed by atoms with E-state index in [0.29, 0.717) is 37.2 Å². The van der Waals surface area contributed by atoms with Gasteiger partial charge in [0.25, 0.3) is 5.56 Å². The van der Waals surface area contributed by atoms with E-state index in [1.54, 1.807) is 19.9 Å². The van der Waals surface area contributed by atoms with Crippen molar-refractivity contribution in [3.05, 3.63) is 33.2 Å². The number of aromatic amines is 1. The molecule has 0 aromatic carbocycles. The predicted molar refractivity (Wildman–Crippen MR) is 80.8 cm³/mol. The Balaban J connectivity index is 2.26. The SMILES string of the molecule is Cc1cc(C)c(C(=O)C[C@@H](N2CCCCC2)C(F)(F)F)c(=O)[nH]1. The van der Waals surface area contributed by atoms with Crippen LogP contribution in [0.4, 0.5) is 13.2 Å². The van der Waals surface area contributed by atoms with Crippen LogP contribution in [0, 0.1) is 13.8 Å². The Morgan fingerprint density at radius 2 is 1.87 bits per heavy atom. The number of rotatable bonds is 4. The molecule has 0 spiro atoms. The number of carbonyl (C=O) groups excluding carboxylic acids is 1. The molecule has 1 fully saturated rings. The number of likely N-dealkylation sites (tertiary alicyclic amines) is 1. The van der Waals surface area contributed by atoms with Crippen molar-refractivity contribution in [2.75, 3.05) is 13.1 Å². The molecule has 1 aliphatic heterocycles. The van der Waals surface area contributed by atoms with Gasteiger partial charge in [-0.1, -0.05) is 6.42 Å². The normalized spacial score (nSPS) is 18.0. The average molecular weight is 330 g/mol. The fourth-order valence-electron chi connectivity index (χ4n) is 3.16. The lowest BCUT2D eigenvalue weighted by molar-refractivity contribution is -0.185. The van der Waals surface area contributed by atoms with E-state index in [0.717, 1.165) is 6.42 Å². The zero-order chi connectivity index (χ0) is 17.2. The molecule has 23 heavy (non-hydrogen) atoms. The van der Waals surface area contributed by atoms with E-state index in [4.69, 9.17) is 0 Å². The van der Waals surface area contributed by atoms with Gasteiger partial charge < -0.3 is 4.98 Å². The molecule has 2 rings (SSSR count). The quantitative estimate of drug-likeness (QED) is 0.864. The van der Waals surface area contributed by atoms with E-state index < -0.39 is 30.0 Å². The molecule has 1 aliphatic rings. The van der Waals surface area contributed by atoms with Gasteiger partial charge in [-0.25, -0.2) is 0 Å². The molecule has 1 saturated heterocycles. The van der Waals surface area contributed by atoms with Crippen molar-refractivity contribution in [1.29, 1.82) is 0 Å². The number of carbonyl (C=O) groups is 1. The molecule has 0 bridgehead atoms. The highest BCUT2D eigenvalue weighted by atomic mass is 19.4. The summed E-state index contributed by atoms with van der Waals surface area (Å²) >= 11 is 0. The second-order valence-electron chi connectivity index (χ2n) is 6.12. The van der Waals surface area contributed by atoms with E-state index in [9.17, 15) is 22.8 Å². The van der Waals surface area contributed by atoms with Crippen LogP contribution in [-0.2, 0) is 0 Å². The molecule has 0 radical (unpaired) electrons. The highest BCUT2D eigenvalue weighted by Gasteiger charge is 2.45. The second kappa shape index (κ2) is 6.86. The van der Waals surface area contributed by atoms with Crippen molar-refractivity contribution < 1.29 is 18.0 Å². The number of piperidine rings is 1. The Labute approximate surface area is 132 Å². The summed E-state index contributed by atoms with van der Waals surface area (Å²) in [6.45, 7) is 3.90. The summed E-state index contributed by atoms with van der Waals surface area (Å²) in [7, 11) is 0. The van der Waals surface area contributed by atoms with Crippen LogP contribution in [0.1, 0.15) is 47.3 Å². The van der Waals surface area contributed by atoms with Crippen LogP contribution in [0.3, 0.4) is 0 Å². The number of H-pyrrole nitrogens is 1.